The third-order valence-electron chi connectivity index (χ3n) is 4.66. The highest BCUT2D eigenvalue weighted by atomic mass is 35.5. The van der Waals surface area contributed by atoms with E-state index in [-0.39, 0.29) is 5.91 Å². The number of nitrogens with one attached hydrogen (secondary N) is 1. The first-order valence-electron chi connectivity index (χ1n) is 9.35. The smallest absolute Gasteiger partial charge is 0.257 e. The number of carbonyl (C=O) groups is 1. The molecule has 150 valence electrons. The van der Waals surface area contributed by atoms with E-state index >= 15 is 0 Å². The maximum absolute atomic E-state index is 13.1. The lowest BCUT2D eigenvalue weighted by Gasteiger charge is -2.25. The summed E-state index contributed by atoms with van der Waals surface area (Å²) in [7, 11) is 1.61. The molecule has 2 N–H and O–H groups in total. The van der Waals surface area contributed by atoms with Crippen molar-refractivity contribution in [2.75, 3.05) is 31.6 Å². The van der Waals surface area contributed by atoms with Gasteiger partial charge in [0.05, 0.1) is 18.0 Å². The standard InChI is InChI=1S/C21H25ClN2O3S/c1-3-10-23-11-12-24-17-9-6-15(22)13-18(17)28-20(19(25)21(24)26)14-4-7-16(27-2)8-5-14/h4-9,13,19-20,23,25H,3,10-12H2,1-2H3/t19-,20+/m1/s1. The predicted molar refractivity (Wildman–Crippen MR) is 115 cm³/mol. The Kier molecular flexibility index (Phi) is 7.24. The van der Waals surface area contributed by atoms with Crippen molar-refractivity contribution in [3.63, 3.8) is 0 Å². The minimum absolute atomic E-state index is 0.298. The Bertz CT molecular complexity index is 816. The van der Waals surface area contributed by atoms with E-state index in [4.69, 9.17) is 16.3 Å². The van der Waals surface area contributed by atoms with Crippen molar-refractivity contribution in [1.82, 2.24) is 5.32 Å². The van der Waals surface area contributed by atoms with Gasteiger partial charge in [0, 0.05) is 23.0 Å². The van der Waals surface area contributed by atoms with Crippen molar-refractivity contribution >= 4 is 35.0 Å². The van der Waals surface area contributed by atoms with Gasteiger partial charge in [-0.3, -0.25) is 4.79 Å². The second-order valence-electron chi connectivity index (χ2n) is 6.61. The summed E-state index contributed by atoms with van der Waals surface area (Å²) in [6.45, 7) is 4.13. The van der Waals surface area contributed by atoms with Crippen LogP contribution in [-0.2, 0) is 4.79 Å². The molecule has 0 radical (unpaired) electrons. The van der Waals surface area contributed by atoms with E-state index in [2.05, 4.69) is 12.2 Å². The lowest BCUT2D eigenvalue weighted by molar-refractivity contribution is -0.126. The molecule has 28 heavy (non-hydrogen) atoms. The Morgan fingerprint density at radius 2 is 1.96 bits per heavy atom. The number of ether oxygens (including phenoxy) is 1. The van der Waals surface area contributed by atoms with E-state index < -0.39 is 11.4 Å². The maximum Gasteiger partial charge on any atom is 0.257 e. The molecule has 2 atom stereocenters. The molecule has 5 nitrogen and oxygen atoms in total. The molecule has 1 aliphatic rings. The van der Waals surface area contributed by atoms with Crippen LogP contribution in [0.1, 0.15) is 24.2 Å². The molecular weight excluding hydrogens is 396 g/mol. The van der Waals surface area contributed by atoms with Gasteiger partial charge in [-0.1, -0.05) is 30.7 Å². The number of aliphatic hydroxyl groups is 1. The Morgan fingerprint density at radius 1 is 1.21 bits per heavy atom. The molecule has 2 aromatic rings. The number of anilines is 1. The summed E-state index contributed by atoms with van der Waals surface area (Å²) >= 11 is 7.68. The number of halogens is 1. The van der Waals surface area contributed by atoms with Crippen LogP contribution in [-0.4, -0.2) is 43.9 Å². The number of methoxy groups -OCH3 is 1. The zero-order chi connectivity index (χ0) is 20.1. The van der Waals surface area contributed by atoms with E-state index in [0.29, 0.717) is 18.1 Å². The van der Waals surface area contributed by atoms with Gasteiger partial charge in [-0.05, 0) is 48.9 Å². The van der Waals surface area contributed by atoms with Crippen LogP contribution in [0.5, 0.6) is 5.75 Å². The number of thioether (sulfide) groups is 1. The number of hydrogen-bond donors (Lipinski definition) is 2. The molecule has 0 unspecified atom stereocenters. The highest BCUT2D eigenvalue weighted by Crippen LogP contribution is 2.46. The van der Waals surface area contributed by atoms with Crippen molar-refractivity contribution in [2.45, 2.75) is 29.6 Å². The van der Waals surface area contributed by atoms with Crippen LogP contribution in [0.3, 0.4) is 0 Å². The van der Waals surface area contributed by atoms with Gasteiger partial charge in [-0.25, -0.2) is 0 Å². The number of benzene rings is 2. The van der Waals surface area contributed by atoms with E-state index in [0.717, 1.165) is 34.9 Å². The molecule has 1 heterocycles. The van der Waals surface area contributed by atoms with Crippen LogP contribution in [0.4, 0.5) is 5.69 Å². The van der Waals surface area contributed by atoms with Crippen LogP contribution in [0.15, 0.2) is 47.4 Å². The number of fused-ring (bicyclic) bond motifs is 1. The summed E-state index contributed by atoms with van der Waals surface area (Å²) < 4.78 is 5.21. The molecule has 0 fully saturated rings. The van der Waals surface area contributed by atoms with Crippen molar-refractivity contribution in [3.05, 3.63) is 53.1 Å². The summed E-state index contributed by atoms with van der Waals surface area (Å²) in [5.74, 6) is 0.433. The molecule has 0 bridgehead atoms. The molecule has 7 heteroatoms. The fourth-order valence-corrected chi connectivity index (χ4v) is 4.72. The molecule has 3 rings (SSSR count). The number of carbonyl (C=O) groups excluding carboxylic acids is 1. The third-order valence-corrected chi connectivity index (χ3v) is 6.26. The molecule has 1 aliphatic heterocycles. The van der Waals surface area contributed by atoms with E-state index in [9.17, 15) is 9.90 Å². The van der Waals surface area contributed by atoms with E-state index in [1.807, 2.05) is 36.4 Å². The SMILES string of the molecule is CCCNCCN1C(=O)[C@H](O)[C@H](c2ccc(OC)cc2)Sc2cc(Cl)ccc21. The number of aliphatic hydroxyl groups excluding tert-OH is 1. The molecule has 0 aliphatic carbocycles. The van der Waals surface area contributed by atoms with Crippen molar-refractivity contribution in [3.8, 4) is 5.75 Å². The minimum atomic E-state index is -1.16. The van der Waals surface area contributed by atoms with E-state index in [1.54, 1.807) is 18.1 Å². The lowest BCUT2D eigenvalue weighted by atomic mass is 10.1. The van der Waals surface area contributed by atoms with Crippen LogP contribution < -0.4 is 15.0 Å². The first-order valence-corrected chi connectivity index (χ1v) is 10.6. The first-order chi connectivity index (χ1) is 13.5. The van der Waals surface area contributed by atoms with Crippen LogP contribution in [0, 0.1) is 0 Å². The number of nitrogens with zero attached hydrogens (tertiary/aromatic N) is 1. The zero-order valence-corrected chi connectivity index (χ0v) is 17.6. The van der Waals surface area contributed by atoms with Gasteiger partial charge in [0.2, 0.25) is 0 Å². The topological polar surface area (TPSA) is 61.8 Å². The number of rotatable bonds is 7. The fourth-order valence-electron chi connectivity index (χ4n) is 3.18. The normalized spacial score (nSPS) is 19.3. The highest BCUT2D eigenvalue weighted by Gasteiger charge is 2.37. The average Bonchev–Trinajstić information content (AvgIpc) is 2.81. The predicted octanol–water partition coefficient (Wildman–Crippen LogP) is 3.89. The molecule has 0 spiro atoms. The van der Waals surface area contributed by atoms with Gasteiger partial charge in [-0.2, -0.15) is 0 Å². The minimum Gasteiger partial charge on any atom is -0.497 e. The Labute approximate surface area is 175 Å². The number of amides is 1. The molecule has 0 aromatic heterocycles. The summed E-state index contributed by atoms with van der Waals surface area (Å²) in [4.78, 5) is 15.7. The van der Waals surface area contributed by atoms with Gasteiger partial charge >= 0.3 is 0 Å². The van der Waals surface area contributed by atoms with Crippen molar-refractivity contribution in [1.29, 1.82) is 0 Å². The summed E-state index contributed by atoms with van der Waals surface area (Å²) in [5.41, 5.74) is 1.65. The van der Waals surface area contributed by atoms with Gasteiger partial charge in [0.25, 0.3) is 5.91 Å². The summed E-state index contributed by atoms with van der Waals surface area (Å²) in [6.07, 6.45) is -0.131. The third kappa shape index (κ3) is 4.63. The second-order valence-corrected chi connectivity index (χ2v) is 8.23. The summed E-state index contributed by atoms with van der Waals surface area (Å²) in [6, 6.07) is 12.9. The quantitative estimate of drug-likeness (QED) is 0.665. The second kappa shape index (κ2) is 9.65. The Hall–Kier alpha value is -1.73. The Morgan fingerprint density at radius 3 is 2.64 bits per heavy atom. The van der Waals surface area contributed by atoms with Crippen LogP contribution >= 0.6 is 23.4 Å². The molecule has 0 saturated carbocycles. The maximum atomic E-state index is 13.1. The van der Waals surface area contributed by atoms with Crippen LogP contribution in [0.25, 0.3) is 0 Å². The fraction of sp³-hybridized carbons (Fsp3) is 0.381. The lowest BCUT2D eigenvalue weighted by Crippen LogP contribution is -2.43. The molecular formula is C21H25ClN2O3S. The highest BCUT2D eigenvalue weighted by molar-refractivity contribution is 7.99. The largest absolute Gasteiger partial charge is 0.497 e. The van der Waals surface area contributed by atoms with Crippen molar-refractivity contribution < 1.29 is 14.6 Å². The first kappa shape index (κ1) is 21.0. The molecule has 0 saturated heterocycles. The van der Waals surface area contributed by atoms with E-state index in [1.165, 1.54) is 11.8 Å². The molecule has 1 amide bonds. The summed E-state index contributed by atoms with van der Waals surface area (Å²) in [5, 5.41) is 14.4. The Balaban J connectivity index is 1.93. The van der Waals surface area contributed by atoms with Gasteiger partial charge in [0.1, 0.15) is 11.9 Å². The average molecular weight is 421 g/mol. The molecule has 2 aromatic carbocycles. The zero-order valence-electron chi connectivity index (χ0n) is 16.0. The van der Waals surface area contributed by atoms with Crippen LogP contribution in [0.2, 0.25) is 5.02 Å². The monoisotopic (exact) mass is 420 g/mol. The van der Waals surface area contributed by atoms with Gasteiger partial charge in [0.15, 0.2) is 0 Å². The van der Waals surface area contributed by atoms with Gasteiger partial charge < -0.3 is 20.1 Å². The van der Waals surface area contributed by atoms with Crippen molar-refractivity contribution in [2.24, 2.45) is 0 Å². The number of hydrogen-bond acceptors (Lipinski definition) is 5. The van der Waals surface area contributed by atoms with Gasteiger partial charge in [-0.15, -0.1) is 11.8 Å².